The second kappa shape index (κ2) is 9.52. The molecule has 0 aromatic heterocycles. The van der Waals surface area contributed by atoms with Crippen LogP contribution in [0.25, 0.3) is 0 Å². The summed E-state index contributed by atoms with van der Waals surface area (Å²) in [7, 11) is 1.40. The van der Waals surface area contributed by atoms with Crippen molar-refractivity contribution in [3.63, 3.8) is 0 Å². The van der Waals surface area contributed by atoms with Crippen LogP contribution in [-0.4, -0.2) is 32.8 Å². The number of ether oxygens (including phenoxy) is 3. The summed E-state index contributed by atoms with van der Waals surface area (Å²) >= 11 is 0. The summed E-state index contributed by atoms with van der Waals surface area (Å²) in [5.41, 5.74) is 0.586. The standard InChI is InChI=1S/C19H22FNO4/c1-3-24-15-5-7-16(8-6-15)25-11-10-21-19(22)13-14-4-9-18(23-2)17(20)12-14/h4-9,12H,3,10-11,13H2,1-2H3,(H,21,22). The molecule has 1 N–H and O–H groups in total. The molecule has 6 heteroatoms. The molecule has 2 rings (SSSR count). The molecule has 0 spiro atoms. The van der Waals surface area contributed by atoms with E-state index in [0.717, 1.165) is 5.75 Å². The van der Waals surface area contributed by atoms with Gasteiger partial charge in [0.15, 0.2) is 11.6 Å². The first kappa shape index (κ1) is 18.6. The fourth-order valence-corrected chi connectivity index (χ4v) is 2.23. The molecule has 0 saturated carbocycles. The highest BCUT2D eigenvalue weighted by Gasteiger charge is 2.07. The van der Waals surface area contributed by atoms with Crippen LogP contribution in [0.15, 0.2) is 42.5 Å². The number of methoxy groups -OCH3 is 1. The Kier molecular flexibility index (Phi) is 7.07. The number of halogens is 1. The van der Waals surface area contributed by atoms with Crippen LogP contribution in [0, 0.1) is 5.82 Å². The molecule has 25 heavy (non-hydrogen) atoms. The van der Waals surface area contributed by atoms with Crippen molar-refractivity contribution in [1.29, 1.82) is 0 Å². The highest BCUT2D eigenvalue weighted by Crippen LogP contribution is 2.18. The number of hydrogen-bond donors (Lipinski definition) is 1. The third-order valence-electron chi connectivity index (χ3n) is 3.41. The third kappa shape index (κ3) is 5.99. The molecular weight excluding hydrogens is 325 g/mol. The van der Waals surface area contributed by atoms with E-state index >= 15 is 0 Å². The summed E-state index contributed by atoms with van der Waals surface area (Å²) in [5, 5.41) is 2.74. The van der Waals surface area contributed by atoms with Crippen molar-refractivity contribution >= 4 is 5.91 Å². The monoisotopic (exact) mass is 347 g/mol. The smallest absolute Gasteiger partial charge is 0.224 e. The van der Waals surface area contributed by atoms with Crippen molar-refractivity contribution in [3.05, 3.63) is 53.8 Å². The van der Waals surface area contributed by atoms with Crippen LogP contribution in [0.2, 0.25) is 0 Å². The maximum Gasteiger partial charge on any atom is 0.224 e. The summed E-state index contributed by atoms with van der Waals surface area (Å²) in [5.74, 6) is 0.976. The molecule has 5 nitrogen and oxygen atoms in total. The minimum atomic E-state index is -0.480. The Morgan fingerprint density at radius 2 is 1.76 bits per heavy atom. The van der Waals surface area contributed by atoms with Gasteiger partial charge in [-0.3, -0.25) is 4.79 Å². The number of hydrogen-bond acceptors (Lipinski definition) is 4. The van der Waals surface area contributed by atoms with Gasteiger partial charge in [-0.1, -0.05) is 6.07 Å². The number of amides is 1. The van der Waals surface area contributed by atoms with E-state index in [1.54, 1.807) is 6.07 Å². The van der Waals surface area contributed by atoms with Crippen LogP contribution in [0.1, 0.15) is 12.5 Å². The average molecular weight is 347 g/mol. The normalized spacial score (nSPS) is 10.2. The number of carbonyl (C=O) groups is 1. The molecule has 0 heterocycles. The molecule has 0 aliphatic carbocycles. The summed E-state index contributed by atoms with van der Waals surface area (Å²) in [6.45, 7) is 3.25. The van der Waals surface area contributed by atoms with Gasteiger partial charge in [-0.15, -0.1) is 0 Å². The van der Waals surface area contributed by atoms with Crippen molar-refractivity contribution in [2.45, 2.75) is 13.3 Å². The average Bonchev–Trinajstić information content (AvgIpc) is 2.60. The first-order chi connectivity index (χ1) is 12.1. The van der Waals surface area contributed by atoms with E-state index in [9.17, 15) is 9.18 Å². The molecule has 1 amide bonds. The zero-order valence-corrected chi connectivity index (χ0v) is 14.4. The second-order valence-corrected chi connectivity index (χ2v) is 5.25. The lowest BCUT2D eigenvalue weighted by atomic mass is 10.1. The predicted molar refractivity (Wildman–Crippen MR) is 92.8 cm³/mol. The first-order valence-corrected chi connectivity index (χ1v) is 8.07. The van der Waals surface area contributed by atoms with Crippen LogP contribution >= 0.6 is 0 Å². The molecule has 0 bridgehead atoms. The minimum Gasteiger partial charge on any atom is -0.494 e. The van der Waals surface area contributed by atoms with Gasteiger partial charge < -0.3 is 19.5 Å². The zero-order chi connectivity index (χ0) is 18.1. The van der Waals surface area contributed by atoms with Crippen LogP contribution < -0.4 is 19.5 Å². The fourth-order valence-electron chi connectivity index (χ4n) is 2.23. The summed E-state index contributed by atoms with van der Waals surface area (Å²) in [6.07, 6.45) is 0.101. The van der Waals surface area contributed by atoms with Gasteiger partial charge in [0, 0.05) is 0 Å². The maximum absolute atomic E-state index is 13.6. The third-order valence-corrected chi connectivity index (χ3v) is 3.41. The number of rotatable bonds is 9. The van der Waals surface area contributed by atoms with E-state index in [1.807, 2.05) is 31.2 Å². The molecule has 0 atom stereocenters. The van der Waals surface area contributed by atoms with Crippen LogP contribution in [0.5, 0.6) is 17.2 Å². The molecule has 0 fully saturated rings. The Balaban J connectivity index is 1.70. The molecule has 0 aliphatic heterocycles. The van der Waals surface area contributed by atoms with Crippen LogP contribution in [-0.2, 0) is 11.2 Å². The maximum atomic E-state index is 13.6. The van der Waals surface area contributed by atoms with Crippen molar-refractivity contribution in [3.8, 4) is 17.2 Å². The Morgan fingerprint density at radius 1 is 1.08 bits per heavy atom. The van der Waals surface area contributed by atoms with Gasteiger partial charge in [-0.2, -0.15) is 0 Å². The van der Waals surface area contributed by atoms with Crippen molar-refractivity contribution in [2.24, 2.45) is 0 Å². The van der Waals surface area contributed by atoms with Crippen molar-refractivity contribution < 1.29 is 23.4 Å². The van der Waals surface area contributed by atoms with Gasteiger partial charge in [0.25, 0.3) is 0 Å². The van der Waals surface area contributed by atoms with Gasteiger partial charge in [0.1, 0.15) is 18.1 Å². The summed E-state index contributed by atoms with van der Waals surface area (Å²) in [6, 6.07) is 11.8. The number of carbonyl (C=O) groups excluding carboxylic acids is 1. The largest absolute Gasteiger partial charge is 0.494 e. The van der Waals surface area contributed by atoms with Gasteiger partial charge in [-0.25, -0.2) is 4.39 Å². The molecule has 2 aromatic rings. The van der Waals surface area contributed by atoms with Gasteiger partial charge in [0.2, 0.25) is 5.91 Å². The van der Waals surface area contributed by atoms with Crippen molar-refractivity contribution in [1.82, 2.24) is 5.32 Å². The lowest BCUT2D eigenvalue weighted by Gasteiger charge is -2.09. The Hall–Kier alpha value is -2.76. The highest BCUT2D eigenvalue weighted by atomic mass is 19.1. The van der Waals surface area contributed by atoms with Crippen molar-refractivity contribution in [2.75, 3.05) is 26.9 Å². The molecule has 0 saturated heterocycles. The zero-order valence-electron chi connectivity index (χ0n) is 14.4. The van der Waals surface area contributed by atoms with E-state index in [2.05, 4.69) is 5.32 Å². The first-order valence-electron chi connectivity index (χ1n) is 8.07. The Labute approximate surface area is 146 Å². The molecule has 0 radical (unpaired) electrons. The van der Waals surface area contributed by atoms with Gasteiger partial charge in [0.05, 0.1) is 26.7 Å². The SMILES string of the molecule is CCOc1ccc(OCCNC(=O)Cc2ccc(OC)c(F)c2)cc1. The summed E-state index contributed by atoms with van der Waals surface area (Å²) < 4.78 is 29.3. The Bertz CT molecular complexity index is 688. The van der Waals surface area contributed by atoms with Gasteiger partial charge in [-0.05, 0) is 48.9 Å². The highest BCUT2D eigenvalue weighted by molar-refractivity contribution is 5.78. The fraction of sp³-hybridized carbons (Fsp3) is 0.316. The summed E-state index contributed by atoms with van der Waals surface area (Å²) in [4.78, 5) is 11.9. The number of benzene rings is 2. The Morgan fingerprint density at radius 3 is 2.36 bits per heavy atom. The van der Waals surface area contributed by atoms with E-state index in [4.69, 9.17) is 14.2 Å². The molecule has 2 aromatic carbocycles. The molecule has 0 unspecified atom stereocenters. The van der Waals surface area contributed by atoms with Gasteiger partial charge >= 0.3 is 0 Å². The van der Waals surface area contributed by atoms with E-state index in [0.29, 0.717) is 31.1 Å². The lowest BCUT2D eigenvalue weighted by molar-refractivity contribution is -0.120. The van der Waals surface area contributed by atoms with Crippen LogP contribution in [0.3, 0.4) is 0 Å². The minimum absolute atomic E-state index is 0.101. The second-order valence-electron chi connectivity index (χ2n) is 5.25. The quantitative estimate of drug-likeness (QED) is 0.709. The topological polar surface area (TPSA) is 56.8 Å². The lowest BCUT2D eigenvalue weighted by Crippen LogP contribution is -2.29. The number of nitrogens with one attached hydrogen (secondary N) is 1. The van der Waals surface area contributed by atoms with E-state index in [1.165, 1.54) is 19.2 Å². The molecule has 0 aliphatic rings. The van der Waals surface area contributed by atoms with Crippen LogP contribution in [0.4, 0.5) is 4.39 Å². The molecule has 134 valence electrons. The van der Waals surface area contributed by atoms with E-state index in [-0.39, 0.29) is 18.1 Å². The predicted octanol–water partition coefficient (Wildman–Crippen LogP) is 2.97. The molecular formula is C19H22FNO4. The van der Waals surface area contributed by atoms with E-state index < -0.39 is 5.82 Å².